The summed E-state index contributed by atoms with van der Waals surface area (Å²) in [6.45, 7) is 0.442. The molecule has 0 fully saturated rings. The Bertz CT molecular complexity index is 1450. The van der Waals surface area contributed by atoms with E-state index in [1.165, 1.54) is 22.5 Å². The van der Waals surface area contributed by atoms with Gasteiger partial charge in [-0.05, 0) is 53.2 Å². The third kappa shape index (κ3) is 5.71. The van der Waals surface area contributed by atoms with Crippen LogP contribution in [0.2, 0.25) is 0 Å². The molecular weight excluding hydrogens is 474 g/mol. The number of ether oxygens (including phenoxy) is 1. The van der Waals surface area contributed by atoms with Crippen LogP contribution in [0.15, 0.2) is 103 Å². The Balaban J connectivity index is 1.16. The summed E-state index contributed by atoms with van der Waals surface area (Å²) < 4.78 is 6.92. The maximum absolute atomic E-state index is 12.5. The molecule has 0 atom stereocenters. The Kier molecular flexibility index (Phi) is 6.79. The summed E-state index contributed by atoms with van der Waals surface area (Å²) in [5.41, 5.74) is 4.94. The van der Waals surface area contributed by atoms with Crippen molar-refractivity contribution in [2.75, 3.05) is 5.32 Å². The summed E-state index contributed by atoms with van der Waals surface area (Å²) in [6, 6.07) is 33.7. The van der Waals surface area contributed by atoms with E-state index in [9.17, 15) is 4.79 Å². The molecule has 5 rings (SSSR count). The molecule has 0 aliphatic carbocycles. The van der Waals surface area contributed by atoms with E-state index < -0.39 is 0 Å². The fraction of sp³-hybridized carbons (Fsp3) is 0.0357. The SMILES string of the molecule is O=C(NC(=S)Nc1cccc(OCc2ccc(-c3ccccc3)cc2)c1)c1nc2ccccc2s1. The number of benzene rings is 4. The van der Waals surface area contributed by atoms with Gasteiger partial charge in [-0.2, -0.15) is 0 Å². The largest absolute Gasteiger partial charge is 0.489 e. The number of carbonyl (C=O) groups excluding carboxylic acids is 1. The number of amides is 1. The van der Waals surface area contributed by atoms with E-state index in [-0.39, 0.29) is 11.0 Å². The molecular formula is C28H21N3O2S2. The third-order valence-electron chi connectivity index (χ3n) is 5.27. The number of aromatic nitrogens is 1. The van der Waals surface area contributed by atoms with Crippen molar-refractivity contribution in [1.82, 2.24) is 10.3 Å². The molecule has 0 aliphatic heterocycles. The smallest absolute Gasteiger partial charge is 0.286 e. The highest BCUT2D eigenvalue weighted by molar-refractivity contribution is 7.80. The molecule has 7 heteroatoms. The van der Waals surface area contributed by atoms with Crippen LogP contribution >= 0.6 is 23.6 Å². The molecule has 1 aromatic heterocycles. The highest BCUT2D eigenvalue weighted by Gasteiger charge is 2.13. The first-order valence-corrected chi connectivity index (χ1v) is 12.2. The Morgan fingerprint density at radius 1 is 0.857 bits per heavy atom. The van der Waals surface area contributed by atoms with Crippen LogP contribution in [0.25, 0.3) is 21.3 Å². The average molecular weight is 496 g/mol. The van der Waals surface area contributed by atoms with E-state index in [1.807, 2.05) is 66.7 Å². The lowest BCUT2D eigenvalue weighted by atomic mass is 10.0. The van der Waals surface area contributed by atoms with Gasteiger partial charge in [0.2, 0.25) is 0 Å². The minimum Gasteiger partial charge on any atom is -0.489 e. The zero-order chi connectivity index (χ0) is 24.0. The van der Waals surface area contributed by atoms with Crippen LogP contribution in [0.4, 0.5) is 5.69 Å². The summed E-state index contributed by atoms with van der Waals surface area (Å²) in [5, 5.41) is 6.29. The summed E-state index contributed by atoms with van der Waals surface area (Å²) in [5.74, 6) is 0.359. The van der Waals surface area contributed by atoms with E-state index in [2.05, 4.69) is 52.0 Å². The van der Waals surface area contributed by atoms with Gasteiger partial charge in [0.25, 0.3) is 5.91 Å². The second-order valence-electron chi connectivity index (χ2n) is 7.77. The summed E-state index contributed by atoms with van der Waals surface area (Å²) in [7, 11) is 0. The van der Waals surface area contributed by atoms with Crippen molar-refractivity contribution in [1.29, 1.82) is 0 Å². The Morgan fingerprint density at radius 2 is 1.60 bits per heavy atom. The molecule has 0 saturated heterocycles. The van der Waals surface area contributed by atoms with Crippen molar-refractivity contribution in [3.63, 3.8) is 0 Å². The zero-order valence-electron chi connectivity index (χ0n) is 18.6. The van der Waals surface area contributed by atoms with Crippen LogP contribution in [-0.2, 0) is 6.61 Å². The molecule has 172 valence electrons. The molecule has 4 aromatic carbocycles. The molecule has 1 amide bonds. The Labute approximate surface area is 212 Å². The number of para-hydroxylation sites is 1. The fourth-order valence-electron chi connectivity index (χ4n) is 3.54. The van der Waals surface area contributed by atoms with Gasteiger partial charge in [-0.25, -0.2) is 4.98 Å². The van der Waals surface area contributed by atoms with Crippen LogP contribution < -0.4 is 15.4 Å². The average Bonchev–Trinajstić information content (AvgIpc) is 3.33. The lowest BCUT2D eigenvalue weighted by Gasteiger charge is -2.11. The van der Waals surface area contributed by atoms with Gasteiger partial charge in [0.1, 0.15) is 12.4 Å². The molecule has 0 unspecified atom stereocenters. The number of hydrogen-bond acceptors (Lipinski definition) is 5. The van der Waals surface area contributed by atoms with Crippen molar-refractivity contribution < 1.29 is 9.53 Å². The number of nitrogens with one attached hydrogen (secondary N) is 2. The van der Waals surface area contributed by atoms with Gasteiger partial charge < -0.3 is 10.1 Å². The second kappa shape index (κ2) is 10.5. The maximum atomic E-state index is 12.5. The van der Waals surface area contributed by atoms with Crippen LogP contribution in [0.3, 0.4) is 0 Å². The van der Waals surface area contributed by atoms with Crippen molar-refractivity contribution in [3.8, 4) is 16.9 Å². The topological polar surface area (TPSA) is 63.2 Å². The summed E-state index contributed by atoms with van der Waals surface area (Å²) >= 11 is 6.65. The van der Waals surface area contributed by atoms with Crippen molar-refractivity contribution in [2.45, 2.75) is 6.61 Å². The number of anilines is 1. The van der Waals surface area contributed by atoms with Crippen molar-refractivity contribution in [3.05, 3.63) is 114 Å². The quantitative estimate of drug-likeness (QED) is 0.258. The maximum Gasteiger partial charge on any atom is 0.286 e. The first kappa shape index (κ1) is 22.7. The molecule has 0 aliphatic rings. The highest BCUT2D eigenvalue weighted by atomic mass is 32.1. The van der Waals surface area contributed by atoms with E-state index in [0.29, 0.717) is 17.4 Å². The molecule has 1 heterocycles. The van der Waals surface area contributed by atoms with Crippen molar-refractivity contribution >= 4 is 50.5 Å². The Hall–Kier alpha value is -4.07. The molecule has 0 radical (unpaired) electrons. The van der Waals surface area contributed by atoms with Gasteiger partial charge in [0.15, 0.2) is 10.1 Å². The van der Waals surface area contributed by atoms with Gasteiger partial charge >= 0.3 is 0 Å². The number of carbonyl (C=O) groups is 1. The number of rotatable bonds is 6. The minimum atomic E-state index is -0.338. The number of hydrogen-bond donors (Lipinski definition) is 2. The first-order chi connectivity index (χ1) is 17.1. The third-order valence-corrected chi connectivity index (χ3v) is 6.51. The van der Waals surface area contributed by atoms with Gasteiger partial charge in [0, 0.05) is 11.8 Å². The number of thiazole rings is 1. The number of nitrogens with zero attached hydrogens (tertiary/aromatic N) is 1. The standard InChI is InChI=1S/C28H21N3O2S2/c32-26(27-30-24-11-4-5-12-25(24)35-27)31-28(34)29-22-9-6-10-23(17-22)33-18-19-13-15-21(16-14-19)20-7-2-1-3-8-20/h1-17H,18H2,(H2,29,31,32,34). The van der Waals surface area contributed by atoms with Crippen LogP contribution in [0.1, 0.15) is 15.4 Å². The van der Waals surface area contributed by atoms with Gasteiger partial charge in [-0.3, -0.25) is 10.1 Å². The zero-order valence-corrected chi connectivity index (χ0v) is 20.2. The van der Waals surface area contributed by atoms with Gasteiger partial charge in [-0.15, -0.1) is 11.3 Å². The molecule has 5 aromatic rings. The van der Waals surface area contributed by atoms with E-state index >= 15 is 0 Å². The van der Waals surface area contributed by atoms with Gasteiger partial charge in [0.05, 0.1) is 10.2 Å². The molecule has 2 N–H and O–H groups in total. The second-order valence-corrected chi connectivity index (χ2v) is 9.21. The minimum absolute atomic E-state index is 0.197. The predicted molar refractivity (Wildman–Crippen MR) is 146 cm³/mol. The normalized spacial score (nSPS) is 10.6. The highest BCUT2D eigenvalue weighted by Crippen LogP contribution is 2.23. The van der Waals surface area contributed by atoms with Gasteiger partial charge in [-0.1, -0.05) is 72.8 Å². The van der Waals surface area contributed by atoms with E-state index in [4.69, 9.17) is 17.0 Å². The lowest BCUT2D eigenvalue weighted by molar-refractivity contribution is 0.0977. The van der Waals surface area contributed by atoms with E-state index in [0.717, 1.165) is 21.5 Å². The monoisotopic (exact) mass is 495 g/mol. The molecule has 35 heavy (non-hydrogen) atoms. The number of fused-ring (bicyclic) bond motifs is 1. The summed E-state index contributed by atoms with van der Waals surface area (Å²) in [6.07, 6.45) is 0. The predicted octanol–water partition coefficient (Wildman–Crippen LogP) is 6.67. The summed E-state index contributed by atoms with van der Waals surface area (Å²) in [4.78, 5) is 16.9. The first-order valence-electron chi connectivity index (χ1n) is 11.0. The number of thiocarbonyl (C=S) groups is 1. The van der Waals surface area contributed by atoms with Crippen molar-refractivity contribution in [2.24, 2.45) is 0 Å². The Morgan fingerprint density at radius 3 is 2.40 bits per heavy atom. The molecule has 5 nitrogen and oxygen atoms in total. The molecule has 0 saturated carbocycles. The lowest BCUT2D eigenvalue weighted by Crippen LogP contribution is -2.34. The van der Waals surface area contributed by atoms with Crippen LogP contribution in [-0.4, -0.2) is 16.0 Å². The fourth-order valence-corrected chi connectivity index (χ4v) is 4.61. The molecule has 0 bridgehead atoms. The van der Waals surface area contributed by atoms with Crippen LogP contribution in [0, 0.1) is 0 Å². The van der Waals surface area contributed by atoms with Crippen LogP contribution in [0.5, 0.6) is 5.75 Å². The molecule has 0 spiro atoms. The van der Waals surface area contributed by atoms with E-state index in [1.54, 1.807) is 0 Å².